The summed E-state index contributed by atoms with van der Waals surface area (Å²) in [6.07, 6.45) is 1.23. The Bertz CT molecular complexity index is 667. The highest BCUT2D eigenvalue weighted by Crippen LogP contribution is 2.27. The van der Waals surface area contributed by atoms with Crippen LogP contribution in [-0.4, -0.2) is 20.1 Å². The third-order valence-corrected chi connectivity index (χ3v) is 3.66. The first kappa shape index (κ1) is 16.9. The maximum absolute atomic E-state index is 12.0. The molecule has 0 aliphatic carbocycles. The zero-order valence-electron chi connectivity index (χ0n) is 13.9. The molecule has 0 aliphatic heterocycles. The lowest BCUT2D eigenvalue weighted by Crippen LogP contribution is -2.23. The summed E-state index contributed by atoms with van der Waals surface area (Å²) in [7, 11) is 3.20. The molecule has 1 N–H and O–H groups in total. The minimum atomic E-state index is 0.0429. The van der Waals surface area contributed by atoms with E-state index < -0.39 is 0 Å². The highest BCUT2D eigenvalue weighted by atomic mass is 16.5. The molecule has 0 atom stereocenters. The van der Waals surface area contributed by atoms with Crippen molar-refractivity contribution in [3.63, 3.8) is 0 Å². The van der Waals surface area contributed by atoms with E-state index in [0.29, 0.717) is 24.5 Å². The van der Waals surface area contributed by atoms with Crippen molar-refractivity contribution in [1.82, 2.24) is 5.32 Å². The Morgan fingerprint density at radius 3 is 2.48 bits per heavy atom. The monoisotopic (exact) mass is 313 g/mol. The quantitative estimate of drug-likeness (QED) is 0.853. The highest BCUT2D eigenvalue weighted by molar-refractivity contribution is 5.76. The van der Waals surface area contributed by atoms with Crippen LogP contribution in [0.4, 0.5) is 0 Å². The van der Waals surface area contributed by atoms with Crippen molar-refractivity contribution in [2.75, 3.05) is 14.2 Å². The van der Waals surface area contributed by atoms with E-state index in [-0.39, 0.29) is 5.91 Å². The molecule has 0 unspecified atom stereocenters. The second kappa shape index (κ2) is 8.22. The van der Waals surface area contributed by atoms with Gasteiger partial charge in [-0.15, -0.1) is 0 Å². The van der Waals surface area contributed by atoms with Gasteiger partial charge < -0.3 is 14.8 Å². The van der Waals surface area contributed by atoms with Gasteiger partial charge in [0.25, 0.3) is 0 Å². The number of ether oxygens (including phenoxy) is 2. The normalized spacial score (nSPS) is 10.2. The van der Waals surface area contributed by atoms with Gasteiger partial charge in [0.1, 0.15) is 0 Å². The van der Waals surface area contributed by atoms with Crippen LogP contribution in [0, 0.1) is 6.92 Å². The predicted molar refractivity (Wildman–Crippen MR) is 90.9 cm³/mol. The molecule has 23 heavy (non-hydrogen) atoms. The Morgan fingerprint density at radius 1 is 1.00 bits per heavy atom. The maximum atomic E-state index is 12.0. The average Bonchev–Trinajstić information content (AvgIpc) is 2.57. The molecule has 0 fully saturated rings. The van der Waals surface area contributed by atoms with E-state index in [1.165, 1.54) is 11.1 Å². The van der Waals surface area contributed by atoms with E-state index in [1.807, 2.05) is 24.3 Å². The van der Waals surface area contributed by atoms with Gasteiger partial charge >= 0.3 is 0 Å². The highest BCUT2D eigenvalue weighted by Gasteiger charge is 2.06. The van der Waals surface area contributed by atoms with Crippen molar-refractivity contribution >= 4 is 5.91 Å². The Morgan fingerprint density at radius 2 is 1.78 bits per heavy atom. The van der Waals surface area contributed by atoms with Gasteiger partial charge in [-0.25, -0.2) is 0 Å². The van der Waals surface area contributed by atoms with Gasteiger partial charge in [-0.05, 0) is 36.6 Å². The van der Waals surface area contributed by atoms with E-state index in [2.05, 4.69) is 30.4 Å². The molecule has 2 aromatic carbocycles. The summed E-state index contributed by atoms with van der Waals surface area (Å²) in [5, 5.41) is 2.94. The summed E-state index contributed by atoms with van der Waals surface area (Å²) in [6, 6.07) is 13.9. The summed E-state index contributed by atoms with van der Waals surface area (Å²) in [4.78, 5) is 12.0. The van der Waals surface area contributed by atoms with Crippen LogP contribution in [0.15, 0.2) is 42.5 Å². The van der Waals surface area contributed by atoms with E-state index in [9.17, 15) is 4.79 Å². The molecule has 2 aromatic rings. The van der Waals surface area contributed by atoms with Crippen molar-refractivity contribution in [1.29, 1.82) is 0 Å². The molecule has 0 radical (unpaired) electrons. The van der Waals surface area contributed by atoms with E-state index in [4.69, 9.17) is 9.47 Å². The number of aryl methyl sites for hydroxylation is 2. The van der Waals surface area contributed by atoms with Gasteiger partial charge in [0.15, 0.2) is 11.5 Å². The standard InChI is InChI=1S/C19H23NO3/c1-14-5-4-6-15(11-14)8-10-19(21)20-13-16-7-9-17(22-2)18(12-16)23-3/h4-7,9,11-12H,8,10,13H2,1-3H3,(H,20,21). The third-order valence-electron chi connectivity index (χ3n) is 3.66. The fourth-order valence-electron chi connectivity index (χ4n) is 2.41. The number of methoxy groups -OCH3 is 2. The molecular formula is C19H23NO3. The number of hydrogen-bond donors (Lipinski definition) is 1. The van der Waals surface area contributed by atoms with Crippen molar-refractivity contribution in [3.05, 3.63) is 59.2 Å². The van der Waals surface area contributed by atoms with Crippen molar-refractivity contribution < 1.29 is 14.3 Å². The zero-order valence-corrected chi connectivity index (χ0v) is 13.9. The summed E-state index contributed by atoms with van der Waals surface area (Å²) >= 11 is 0. The van der Waals surface area contributed by atoms with Gasteiger partial charge in [-0.1, -0.05) is 35.9 Å². The molecule has 0 aliphatic rings. The van der Waals surface area contributed by atoms with E-state index >= 15 is 0 Å². The fourth-order valence-corrected chi connectivity index (χ4v) is 2.41. The van der Waals surface area contributed by atoms with Crippen LogP contribution < -0.4 is 14.8 Å². The van der Waals surface area contributed by atoms with Crippen LogP contribution >= 0.6 is 0 Å². The summed E-state index contributed by atoms with van der Waals surface area (Å²) in [6.45, 7) is 2.54. The smallest absolute Gasteiger partial charge is 0.220 e. The van der Waals surface area contributed by atoms with Crippen molar-refractivity contribution in [2.24, 2.45) is 0 Å². The van der Waals surface area contributed by atoms with E-state index in [1.54, 1.807) is 14.2 Å². The molecule has 1 amide bonds. The van der Waals surface area contributed by atoms with Crippen LogP contribution in [0.2, 0.25) is 0 Å². The van der Waals surface area contributed by atoms with Gasteiger partial charge in [0.2, 0.25) is 5.91 Å². The molecule has 0 saturated carbocycles. The van der Waals surface area contributed by atoms with Crippen LogP contribution in [-0.2, 0) is 17.8 Å². The number of rotatable bonds is 7. The molecule has 0 spiro atoms. The van der Waals surface area contributed by atoms with Gasteiger partial charge in [0.05, 0.1) is 14.2 Å². The molecule has 4 nitrogen and oxygen atoms in total. The van der Waals surface area contributed by atoms with E-state index in [0.717, 1.165) is 12.0 Å². The number of amides is 1. The average molecular weight is 313 g/mol. The van der Waals surface area contributed by atoms with Gasteiger partial charge in [0, 0.05) is 13.0 Å². The van der Waals surface area contributed by atoms with Crippen LogP contribution in [0.5, 0.6) is 11.5 Å². The number of carbonyl (C=O) groups excluding carboxylic acids is 1. The predicted octanol–water partition coefficient (Wildman–Crippen LogP) is 3.26. The largest absolute Gasteiger partial charge is 0.493 e. The Kier molecular flexibility index (Phi) is 6.03. The minimum absolute atomic E-state index is 0.0429. The Balaban J connectivity index is 1.84. The molecule has 0 heterocycles. The fraction of sp³-hybridized carbons (Fsp3) is 0.316. The first-order valence-electron chi connectivity index (χ1n) is 7.65. The zero-order chi connectivity index (χ0) is 16.7. The van der Waals surface area contributed by atoms with Gasteiger partial charge in [-0.3, -0.25) is 4.79 Å². The lowest BCUT2D eigenvalue weighted by molar-refractivity contribution is -0.121. The first-order valence-corrected chi connectivity index (χ1v) is 7.65. The third kappa shape index (κ3) is 5.02. The van der Waals surface area contributed by atoms with Crippen LogP contribution in [0.3, 0.4) is 0 Å². The molecular weight excluding hydrogens is 290 g/mol. The van der Waals surface area contributed by atoms with Crippen molar-refractivity contribution in [2.45, 2.75) is 26.3 Å². The molecule has 2 rings (SSSR count). The number of nitrogens with one attached hydrogen (secondary N) is 1. The van der Waals surface area contributed by atoms with Crippen molar-refractivity contribution in [3.8, 4) is 11.5 Å². The topological polar surface area (TPSA) is 47.6 Å². The van der Waals surface area contributed by atoms with Crippen LogP contribution in [0.1, 0.15) is 23.1 Å². The molecule has 122 valence electrons. The SMILES string of the molecule is COc1ccc(CNC(=O)CCc2cccc(C)c2)cc1OC. The Labute approximate surface area is 137 Å². The summed E-state index contributed by atoms with van der Waals surface area (Å²) in [5.41, 5.74) is 3.38. The lowest BCUT2D eigenvalue weighted by Gasteiger charge is -2.10. The molecule has 0 bridgehead atoms. The van der Waals surface area contributed by atoms with Crippen LogP contribution in [0.25, 0.3) is 0 Å². The number of hydrogen-bond acceptors (Lipinski definition) is 3. The molecule has 0 aromatic heterocycles. The Hall–Kier alpha value is -2.49. The first-order chi connectivity index (χ1) is 11.1. The second-order valence-electron chi connectivity index (χ2n) is 5.46. The minimum Gasteiger partial charge on any atom is -0.493 e. The second-order valence-corrected chi connectivity index (χ2v) is 5.46. The lowest BCUT2D eigenvalue weighted by atomic mass is 10.1. The molecule has 4 heteroatoms. The summed E-state index contributed by atoms with van der Waals surface area (Å²) < 4.78 is 10.5. The summed E-state index contributed by atoms with van der Waals surface area (Å²) in [5.74, 6) is 1.39. The maximum Gasteiger partial charge on any atom is 0.220 e. The van der Waals surface area contributed by atoms with Gasteiger partial charge in [-0.2, -0.15) is 0 Å². The molecule has 0 saturated heterocycles. The number of carbonyl (C=O) groups is 1. The number of benzene rings is 2.